The number of ether oxygens (including phenoxy) is 1. The van der Waals surface area contributed by atoms with Gasteiger partial charge in [0.2, 0.25) is 10.0 Å². The van der Waals surface area contributed by atoms with Crippen molar-refractivity contribution >= 4 is 37.5 Å². The van der Waals surface area contributed by atoms with Crippen LogP contribution in [0, 0.1) is 0 Å². The molecule has 0 atom stereocenters. The van der Waals surface area contributed by atoms with E-state index in [0.29, 0.717) is 21.0 Å². The molecule has 10 nitrogen and oxygen atoms in total. The van der Waals surface area contributed by atoms with Gasteiger partial charge in [0.15, 0.2) is 0 Å². The maximum atomic E-state index is 13.3. The second kappa shape index (κ2) is 10.2. The molecule has 0 saturated heterocycles. The number of aromatic nitrogens is 2. The molecule has 2 aromatic heterocycles. The lowest BCUT2D eigenvalue weighted by molar-refractivity contribution is 0.0955. The van der Waals surface area contributed by atoms with Crippen molar-refractivity contribution in [1.29, 1.82) is 0 Å². The van der Waals surface area contributed by atoms with E-state index < -0.39 is 21.3 Å². The summed E-state index contributed by atoms with van der Waals surface area (Å²) in [7, 11) is -0.479. The van der Waals surface area contributed by atoms with Gasteiger partial charge in [-0.25, -0.2) is 17.9 Å². The average molecular weight is 555 g/mol. The number of carbonyl (C=O) groups is 1. The van der Waals surface area contributed by atoms with Crippen LogP contribution >= 0.6 is 11.3 Å². The van der Waals surface area contributed by atoms with Gasteiger partial charge in [0, 0.05) is 19.6 Å². The van der Waals surface area contributed by atoms with Gasteiger partial charge in [-0.05, 0) is 54.3 Å². The molecule has 0 bridgehead atoms. The molecular weight excluding hydrogens is 528 g/mol. The van der Waals surface area contributed by atoms with E-state index in [1.54, 1.807) is 26.3 Å². The first-order chi connectivity index (χ1) is 18.2. The zero-order chi connectivity index (χ0) is 27.0. The lowest BCUT2D eigenvalue weighted by Crippen LogP contribution is -2.38. The Bertz CT molecular complexity index is 1750. The zero-order valence-electron chi connectivity index (χ0n) is 20.8. The van der Waals surface area contributed by atoms with Gasteiger partial charge in [-0.1, -0.05) is 24.3 Å². The number of carbonyl (C=O) groups excluding carboxylic acids is 1. The summed E-state index contributed by atoms with van der Waals surface area (Å²) in [5.41, 5.74) is 0.411. The van der Waals surface area contributed by atoms with Crippen molar-refractivity contribution in [2.45, 2.75) is 36.9 Å². The lowest BCUT2D eigenvalue weighted by Gasteiger charge is -2.10. The van der Waals surface area contributed by atoms with Crippen molar-refractivity contribution in [3.8, 4) is 5.75 Å². The van der Waals surface area contributed by atoms with Crippen molar-refractivity contribution in [2.24, 2.45) is 7.05 Å². The number of fused-ring (bicyclic) bond motifs is 1. The van der Waals surface area contributed by atoms with Gasteiger partial charge in [0.1, 0.15) is 10.6 Å². The number of amides is 1. The van der Waals surface area contributed by atoms with Crippen LogP contribution in [0.15, 0.2) is 69.1 Å². The second-order valence-corrected chi connectivity index (χ2v) is 11.9. The Morgan fingerprint density at radius 2 is 1.82 bits per heavy atom. The van der Waals surface area contributed by atoms with Gasteiger partial charge in [-0.15, -0.1) is 11.3 Å². The number of hydrogen-bond donors (Lipinski definition) is 2. The summed E-state index contributed by atoms with van der Waals surface area (Å²) in [6, 6.07) is 14.9. The molecule has 1 amide bonds. The number of hydrogen-bond acceptors (Lipinski definition) is 7. The smallest absolute Gasteiger partial charge is 0.332 e. The highest BCUT2D eigenvalue weighted by molar-refractivity contribution is 7.89. The Labute approximate surface area is 222 Å². The molecule has 38 heavy (non-hydrogen) atoms. The van der Waals surface area contributed by atoms with E-state index in [9.17, 15) is 22.8 Å². The highest BCUT2D eigenvalue weighted by atomic mass is 32.2. The molecule has 198 valence electrons. The topological polar surface area (TPSA) is 128 Å². The molecule has 0 unspecified atom stereocenters. The van der Waals surface area contributed by atoms with Crippen molar-refractivity contribution < 1.29 is 17.9 Å². The standard InChI is InChI=1S/C26H26N4O6S2/c1-29-25-21(13-22(37-25)23(31)27-14-17-4-3-5-19(12-17)36-2)24(32)30(26(29)33)15-16-6-10-20(11-7-16)38(34,35)28-18-8-9-18/h3-7,10-13,18,28H,8-9,14-15H2,1-2H3,(H,27,31). The fraction of sp³-hybridized carbons (Fsp3) is 0.269. The SMILES string of the molecule is COc1cccc(CNC(=O)c2cc3c(=O)n(Cc4ccc(S(=O)(=O)NC5CC5)cc4)c(=O)n(C)c3s2)c1. The first-order valence-electron chi connectivity index (χ1n) is 11.9. The summed E-state index contributed by atoms with van der Waals surface area (Å²) in [4.78, 5) is 39.9. The van der Waals surface area contributed by atoms with Crippen molar-refractivity contribution in [3.05, 3.63) is 91.4 Å². The molecule has 1 fully saturated rings. The molecule has 1 aliphatic rings. The van der Waals surface area contributed by atoms with Gasteiger partial charge >= 0.3 is 5.69 Å². The fourth-order valence-electron chi connectivity index (χ4n) is 4.03. The number of thiophene rings is 1. The Morgan fingerprint density at radius 3 is 2.50 bits per heavy atom. The summed E-state index contributed by atoms with van der Waals surface area (Å²) in [6.45, 7) is 0.236. The van der Waals surface area contributed by atoms with Crippen LogP contribution in [-0.4, -0.2) is 36.6 Å². The average Bonchev–Trinajstić information content (AvgIpc) is 3.60. The number of rotatable bonds is 9. The van der Waals surface area contributed by atoms with E-state index in [1.165, 1.54) is 22.8 Å². The molecule has 2 heterocycles. The summed E-state index contributed by atoms with van der Waals surface area (Å²) >= 11 is 1.07. The minimum atomic E-state index is -3.60. The van der Waals surface area contributed by atoms with E-state index in [2.05, 4.69) is 10.0 Å². The minimum Gasteiger partial charge on any atom is -0.497 e. The number of nitrogens with one attached hydrogen (secondary N) is 2. The number of aryl methyl sites for hydroxylation is 1. The highest BCUT2D eigenvalue weighted by Gasteiger charge is 2.28. The molecule has 0 aliphatic heterocycles. The molecule has 0 radical (unpaired) electrons. The molecule has 2 aromatic carbocycles. The number of methoxy groups -OCH3 is 1. The maximum absolute atomic E-state index is 13.3. The van der Waals surface area contributed by atoms with Gasteiger partial charge in [0.25, 0.3) is 11.5 Å². The first-order valence-corrected chi connectivity index (χ1v) is 14.2. The predicted molar refractivity (Wildman–Crippen MR) is 144 cm³/mol. The second-order valence-electron chi connectivity index (χ2n) is 9.14. The minimum absolute atomic E-state index is 0.00700. The van der Waals surface area contributed by atoms with Gasteiger partial charge in [0.05, 0.1) is 28.8 Å². The number of nitrogens with zero attached hydrogens (tertiary/aromatic N) is 2. The molecule has 1 aliphatic carbocycles. The molecule has 5 rings (SSSR count). The quantitative estimate of drug-likeness (QED) is 0.326. The molecule has 2 N–H and O–H groups in total. The zero-order valence-corrected chi connectivity index (χ0v) is 22.4. The van der Waals surface area contributed by atoms with Crippen molar-refractivity contribution in [2.75, 3.05) is 7.11 Å². The fourth-order valence-corrected chi connectivity index (χ4v) is 6.36. The Balaban J connectivity index is 1.37. The summed E-state index contributed by atoms with van der Waals surface area (Å²) in [5, 5.41) is 3.09. The highest BCUT2D eigenvalue weighted by Crippen LogP contribution is 2.23. The number of benzene rings is 2. The van der Waals surface area contributed by atoms with Crippen LogP contribution in [-0.2, 0) is 30.2 Å². The van der Waals surface area contributed by atoms with E-state index in [4.69, 9.17) is 4.74 Å². The van der Waals surface area contributed by atoms with Crippen molar-refractivity contribution in [1.82, 2.24) is 19.2 Å². The maximum Gasteiger partial charge on any atom is 0.332 e. The molecule has 1 saturated carbocycles. The van der Waals surface area contributed by atoms with E-state index in [-0.39, 0.29) is 35.3 Å². The van der Waals surface area contributed by atoms with Crippen LogP contribution in [0.3, 0.4) is 0 Å². The van der Waals surface area contributed by atoms with Crippen molar-refractivity contribution in [3.63, 3.8) is 0 Å². The normalized spacial score (nSPS) is 13.5. The Hall–Kier alpha value is -3.74. The largest absolute Gasteiger partial charge is 0.497 e. The monoisotopic (exact) mass is 554 g/mol. The lowest BCUT2D eigenvalue weighted by atomic mass is 10.2. The molecule has 12 heteroatoms. The third kappa shape index (κ3) is 5.28. The Kier molecular flexibility index (Phi) is 6.95. The molecule has 0 spiro atoms. The van der Waals surface area contributed by atoms with Gasteiger partial charge in [-0.3, -0.25) is 18.7 Å². The third-order valence-corrected chi connectivity index (χ3v) is 9.04. The van der Waals surface area contributed by atoms with Crippen LogP contribution in [0.25, 0.3) is 10.2 Å². The van der Waals surface area contributed by atoms with E-state index in [0.717, 1.165) is 34.3 Å². The summed E-state index contributed by atoms with van der Waals surface area (Å²) < 4.78 is 35.1. The Morgan fingerprint density at radius 1 is 1.08 bits per heavy atom. The van der Waals surface area contributed by atoms with Crippen LogP contribution < -0.4 is 26.0 Å². The van der Waals surface area contributed by atoms with Gasteiger partial charge in [-0.2, -0.15) is 0 Å². The van der Waals surface area contributed by atoms with Crippen LogP contribution in [0.5, 0.6) is 5.75 Å². The first kappa shape index (κ1) is 25.9. The van der Waals surface area contributed by atoms with E-state index >= 15 is 0 Å². The third-order valence-electron chi connectivity index (χ3n) is 6.30. The van der Waals surface area contributed by atoms with Gasteiger partial charge < -0.3 is 10.1 Å². The molecule has 4 aromatic rings. The number of sulfonamides is 1. The van der Waals surface area contributed by atoms with Crippen LogP contribution in [0.2, 0.25) is 0 Å². The summed E-state index contributed by atoms with van der Waals surface area (Å²) in [5.74, 6) is 0.323. The predicted octanol–water partition coefficient (Wildman–Crippen LogP) is 2.19. The summed E-state index contributed by atoms with van der Waals surface area (Å²) in [6.07, 6.45) is 1.67. The van der Waals surface area contributed by atoms with Crippen LogP contribution in [0.4, 0.5) is 0 Å². The van der Waals surface area contributed by atoms with E-state index in [1.807, 2.05) is 24.3 Å². The molecular formula is C26H26N4O6S2. The van der Waals surface area contributed by atoms with Crippen LogP contribution in [0.1, 0.15) is 33.6 Å².